The minimum absolute atomic E-state index is 0.161. The number of nitrogens with one attached hydrogen (secondary N) is 1. The van der Waals surface area contributed by atoms with Crippen molar-refractivity contribution >= 4 is 17.7 Å². The van der Waals surface area contributed by atoms with E-state index in [9.17, 15) is 14.4 Å². The summed E-state index contributed by atoms with van der Waals surface area (Å²) in [6, 6.07) is 5.41. The van der Waals surface area contributed by atoms with E-state index < -0.39 is 11.6 Å². The van der Waals surface area contributed by atoms with Crippen molar-refractivity contribution in [2.75, 3.05) is 6.54 Å². The van der Waals surface area contributed by atoms with Crippen LogP contribution in [0.25, 0.3) is 0 Å². The Balaban J connectivity index is 1.47. The number of rotatable bonds is 4. The van der Waals surface area contributed by atoms with Crippen molar-refractivity contribution in [3.05, 3.63) is 34.9 Å². The highest BCUT2D eigenvalue weighted by Crippen LogP contribution is 2.37. The molecule has 3 aliphatic rings. The summed E-state index contributed by atoms with van der Waals surface area (Å²) in [5.74, 6) is 0.256. The van der Waals surface area contributed by atoms with E-state index in [-0.39, 0.29) is 18.2 Å². The average Bonchev–Trinajstić information content (AvgIpc) is 2.92. The lowest BCUT2D eigenvalue weighted by Gasteiger charge is -2.34. The van der Waals surface area contributed by atoms with Gasteiger partial charge in [0.2, 0.25) is 0 Å². The average molecular weight is 368 g/mol. The van der Waals surface area contributed by atoms with Crippen LogP contribution in [0.3, 0.4) is 0 Å². The van der Waals surface area contributed by atoms with Crippen LogP contribution in [0.1, 0.15) is 73.4 Å². The molecule has 1 aromatic carbocycles. The maximum absolute atomic E-state index is 13.0. The minimum Gasteiger partial charge on any atom is -0.323 e. The van der Waals surface area contributed by atoms with Crippen molar-refractivity contribution in [1.29, 1.82) is 0 Å². The fourth-order valence-corrected chi connectivity index (χ4v) is 4.88. The SMILES string of the molecule is CCC1CCC2(CC1)NC(=O)N(CC(=O)c1ccc3c(c1)CCCC3)C2=O. The molecule has 0 unspecified atom stereocenters. The third-order valence-electron chi connectivity index (χ3n) is 6.75. The van der Waals surface area contributed by atoms with Crippen LogP contribution in [0.4, 0.5) is 4.79 Å². The molecule has 5 heteroatoms. The Morgan fingerprint density at radius 3 is 2.56 bits per heavy atom. The number of ketones is 1. The van der Waals surface area contributed by atoms with Gasteiger partial charge in [0.25, 0.3) is 5.91 Å². The van der Waals surface area contributed by atoms with Gasteiger partial charge in [0, 0.05) is 5.56 Å². The molecule has 1 saturated heterocycles. The number of urea groups is 1. The number of nitrogens with zero attached hydrogens (tertiary/aromatic N) is 1. The van der Waals surface area contributed by atoms with Crippen molar-refractivity contribution < 1.29 is 14.4 Å². The second-order valence-corrected chi connectivity index (χ2v) is 8.37. The molecule has 4 rings (SSSR count). The van der Waals surface area contributed by atoms with Crippen LogP contribution in [0.2, 0.25) is 0 Å². The van der Waals surface area contributed by atoms with Gasteiger partial charge in [0.1, 0.15) is 5.54 Å². The van der Waals surface area contributed by atoms with Crippen LogP contribution in [0.5, 0.6) is 0 Å². The van der Waals surface area contributed by atoms with E-state index in [2.05, 4.69) is 12.2 Å². The normalized spacial score (nSPS) is 27.6. The van der Waals surface area contributed by atoms with Gasteiger partial charge in [-0.2, -0.15) is 0 Å². The number of carbonyl (C=O) groups excluding carboxylic acids is 3. The summed E-state index contributed by atoms with van der Waals surface area (Å²) in [7, 11) is 0. The number of Topliss-reactive ketones (excluding diaryl/α,β-unsaturated/α-hetero) is 1. The molecular weight excluding hydrogens is 340 g/mol. The zero-order valence-electron chi connectivity index (χ0n) is 16.1. The van der Waals surface area contributed by atoms with E-state index in [1.807, 2.05) is 18.2 Å². The lowest BCUT2D eigenvalue weighted by atomic mass is 9.75. The molecule has 144 valence electrons. The minimum atomic E-state index is -0.779. The lowest BCUT2D eigenvalue weighted by molar-refractivity contribution is -0.132. The fourth-order valence-electron chi connectivity index (χ4n) is 4.88. The zero-order valence-corrected chi connectivity index (χ0v) is 16.1. The van der Waals surface area contributed by atoms with Crippen LogP contribution in [-0.2, 0) is 17.6 Å². The van der Waals surface area contributed by atoms with E-state index in [1.165, 1.54) is 17.5 Å². The van der Waals surface area contributed by atoms with Gasteiger partial charge in [0.15, 0.2) is 5.78 Å². The summed E-state index contributed by atoms with van der Waals surface area (Å²) in [5, 5.41) is 2.91. The zero-order chi connectivity index (χ0) is 19.0. The first-order valence-corrected chi connectivity index (χ1v) is 10.3. The first kappa shape index (κ1) is 18.2. The molecule has 1 spiro atoms. The third kappa shape index (κ3) is 3.28. The summed E-state index contributed by atoms with van der Waals surface area (Å²) in [4.78, 5) is 39.3. The Morgan fingerprint density at radius 1 is 1.15 bits per heavy atom. The smallest absolute Gasteiger partial charge is 0.323 e. The van der Waals surface area contributed by atoms with Gasteiger partial charge in [-0.1, -0.05) is 25.5 Å². The predicted octanol–water partition coefficient (Wildman–Crippen LogP) is 3.64. The van der Waals surface area contributed by atoms with Gasteiger partial charge in [-0.05, 0) is 74.5 Å². The predicted molar refractivity (Wildman–Crippen MR) is 103 cm³/mol. The molecule has 1 N–H and O–H groups in total. The molecule has 0 radical (unpaired) electrons. The summed E-state index contributed by atoms with van der Waals surface area (Å²) < 4.78 is 0. The van der Waals surface area contributed by atoms with Crippen molar-refractivity contribution in [3.8, 4) is 0 Å². The van der Waals surface area contributed by atoms with Gasteiger partial charge < -0.3 is 5.32 Å². The molecular formula is C22H28N2O3. The standard InChI is InChI=1S/C22H28N2O3/c1-2-15-9-11-22(12-10-15)20(26)24(21(27)23-22)14-19(25)18-8-7-16-5-3-4-6-17(16)13-18/h7-8,13,15H,2-6,9-12,14H2,1H3,(H,23,27). The van der Waals surface area contributed by atoms with Crippen LogP contribution in [-0.4, -0.2) is 34.7 Å². The van der Waals surface area contributed by atoms with Crippen molar-refractivity contribution in [1.82, 2.24) is 10.2 Å². The molecule has 1 aromatic rings. The monoisotopic (exact) mass is 368 g/mol. The molecule has 0 atom stereocenters. The quantitative estimate of drug-likeness (QED) is 0.652. The topological polar surface area (TPSA) is 66.5 Å². The maximum Gasteiger partial charge on any atom is 0.325 e. The Bertz CT molecular complexity index is 778. The van der Waals surface area contributed by atoms with Gasteiger partial charge in [-0.25, -0.2) is 4.79 Å². The van der Waals surface area contributed by atoms with Crippen molar-refractivity contribution in [2.24, 2.45) is 5.92 Å². The Morgan fingerprint density at radius 2 is 1.85 bits per heavy atom. The Kier molecular flexibility index (Phi) is 4.79. The molecule has 0 bridgehead atoms. The number of amides is 3. The fraction of sp³-hybridized carbons (Fsp3) is 0.591. The molecule has 1 saturated carbocycles. The van der Waals surface area contributed by atoms with E-state index in [4.69, 9.17) is 0 Å². The van der Waals surface area contributed by atoms with E-state index in [0.717, 1.165) is 43.4 Å². The molecule has 0 aromatic heterocycles. The van der Waals surface area contributed by atoms with E-state index in [1.54, 1.807) is 0 Å². The summed E-state index contributed by atoms with van der Waals surface area (Å²) >= 11 is 0. The van der Waals surface area contributed by atoms with Crippen LogP contribution in [0, 0.1) is 5.92 Å². The van der Waals surface area contributed by atoms with Gasteiger partial charge >= 0.3 is 6.03 Å². The van der Waals surface area contributed by atoms with Crippen molar-refractivity contribution in [2.45, 2.75) is 70.3 Å². The molecule has 2 fully saturated rings. The Labute approximate surface area is 160 Å². The highest BCUT2D eigenvalue weighted by molar-refractivity contribution is 6.11. The van der Waals surface area contributed by atoms with Crippen LogP contribution in [0.15, 0.2) is 18.2 Å². The first-order chi connectivity index (χ1) is 13.0. The number of aryl methyl sites for hydroxylation is 2. The molecule has 3 amide bonds. The van der Waals surface area contributed by atoms with Gasteiger partial charge in [-0.15, -0.1) is 0 Å². The summed E-state index contributed by atoms with van der Waals surface area (Å²) in [6.07, 6.45) is 8.80. The largest absolute Gasteiger partial charge is 0.325 e. The van der Waals surface area contributed by atoms with Crippen molar-refractivity contribution in [3.63, 3.8) is 0 Å². The lowest BCUT2D eigenvalue weighted by Crippen LogP contribution is -2.49. The second-order valence-electron chi connectivity index (χ2n) is 8.37. The Hall–Kier alpha value is -2.17. The number of benzene rings is 1. The number of hydrogen-bond donors (Lipinski definition) is 1. The second kappa shape index (κ2) is 7.10. The van der Waals surface area contributed by atoms with Gasteiger partial charge in [-0.3, -0.25) is 14.5 Å². The number of carbonyl (C=O) groups is 3. The van der Waals surface area contributed by atoms with E-state index >= 15 is 0 Å². The van der Waals surface area contributed by atoms with Crippen LogP contribution < -0.4 is 5.32 Å². The third-order valence-corrected chi connectivity index (χ3v) is 6.75. The molecule has 5 nitrogen and oxygen atoms in total. The molecule has 27 heavy (non-hydrogen) atoms. The highest BCUT2D eigenvalue weighted by Gasteiger charge is 2.52. The molecule has 1 aliphatic heterocycles. The van der Waals surface area contributed by atoms with Crippen LogP contribution >= 0.6 is 0 Å². The maximum atomic E-state index is 13.0. The molecule has 1 heterocycles. The number of imide groups is 1. The summed E-state index contributed by atoms with van der Waals surface area (Å²) in [5.41, 5.74) is 2.38. The van der Waals surface area contributed by atoms with Gasteiger partial charge in [0.05, 0.1) is 6.54 Å². The number of hydrogen-bond acceptors (Lipinski definition) is 3. The number of fused-ring (bicyclic) bond motifs is 1. The first-order valence-electron chi connectivity index (χ1n) is 10.3. The van der Waals surface area contributed by atoms with E-state index in [0.29, 0.717) is 24.3 Å². The molecule has 2 aliphatic carbocycles. The summed E-state index contributed by atoms with van der Waals surface area (Å²) in [6.45, 7) is 2.00. The highest BCUT2D eigenvalue weighted by atomic mass is 16.2.